The van der Waals surface area contributed by atoms with Crippen LogP contribution in [0.25, 0.3) is 11.3 Å². The third-order valence-electron chi connectivity index (χ3n) is 5.25. The Balaban J connectivity index is 1.86. The van der Waals surface area contributed by atoms with Gasteiger partial charge in [0.2, 0.25) is 0 Å². The van der Waals surface area contributed by atoms with Crippen LogP contribution < -0.4 is 9.47 Å². The Morgan fingerprint density at radius 2 is 1.97 bits per heavy atom. The third kappa shape index (κ3) is 5.17. The Bertz CT molecular complexity index is 1100. The number of alkyl halides is 1. The molecule has 8 heteroatoms. The molecular formula is C23H23ClFNO4S. The number of carboxylic acids is 1. The Hall–Kier alpha value is -2.64. The number of carboxylic acid groups (broad SMARTS) is 1. The Kier molecular flexibility index (Phi) is 7.51. The number of aryl methyl sites for hydroxylation is 1. The predicted molar refractivity (Wildman–Crippen MR) is 120 cm³/mol. The van der Waals surface area contributed by atoms with Crippen molar-refractivity contribution in [1.82, 2.24) is 4.37 Å². The molecule has 0 aliphatic rings. The van der Waals surface area contributed by atoms with E-state index in [1.54, 1.807) is 12.1 Å². The van der Waals surface area contributed by atoms with Crippen molar-refractivity contribution >= 4 is 29.1 Å². The van der Waals surface area contributed by atoms with E-state index in [0.29, 0.717) is 39.1 Å². The molecule has 5 nitrogen and oxygen atoms in total. The van der Waals surface area contributed by atoms with E-state index in [-0.39, 0.29) is 13.0 Å². The second-order valence-electron chi connectivity index (χ2n) is 7.07. The fourth-order valence-electron chi connectivity index (χ4n) is 3.30. The van der Waals surface area contributed by atoms with Gasteiger partial charge in [-0.2, -0.15) is 4.37 Å². The highest BCUT2D eigenvalue weighted by Crippen LogP contribution is 2.35. The molecule has 0 radical (unpaired) electrons. The van der Waals surface area contributed by atoms with E-state index in [2.05, 4.69) is 4.37 Å². The van der Waals surface area contributed by atoms with Crippen LogP contribution in [-0.2, 0) is 24.5 Å². The zero-order valence-corrected chi connectivity index (χ0v) is 19.1. The van der Waals surface area contributed by atoms with Crippen LogP contribution in [0.1, 0.15) is 33.6 Å². The summed E-state index contributed by atoms with van der Waals surface area (Å²) in [5.41, 5.74) is 5.00. The van der Waals surface area contributed by atoms with Crippen molar-refractivity contribution in [2.75, 3.05) is 7.11 Å². The molecule has 0 bridgehead atoms. The highest BCUT2D eigenvalue weighted by atomic mass is 35.5. The minimum absolute atomic E-state index is 0.0782. The van der Waals surface area contributed by atoms with Gasteiger partial charge in [-0.15, -0.1) is 0 Å². The van der Waals surface area contributed by atoms with Crippen LogP contribution in [0.15, 0.2) is 30.3 Å². The van der Waals surface area contributed by atoms with E-state index in [1.165, 1.54) is 7.11 Å². The molecule has 2 aromatic carbocycles. The summed E-state index contributed by atoms with van der Waals surface area (Å²) in [5, 5.41) is 9.41. The monoisotopic (exact) mass is 463 g/mol. The van der Waals surface area contributed by atoms with E-state index >= 15 is 0 Å². The normalized spacial score (nSPS) is 10.9. The molecule has 0 unspecified atom stereocenters. The second-order valence-corrected chi connectivity index (χ2v) is 8.34. The number of aromatic nitrogens is 1. The summed E-state index contributed by atoms with van der Waals surface area (Å²) in [6.45, 7) is 3.41. The lowest BCUT2D eigenvalue weighted by Crippen LogP contribution is -2.04. The van der Waals surface area contributed by atoms with Crippen LogP contribution in [0, 0.1) is 13.8 Å². The van der Waals surface area contributed by atoms with Gasteiger partial charge < -0.3 is 14.6 Å². The molecule has 0 fully saturated rings. The highest BCUT2D eigenvalue weighted by Gasteiger charge is 2.18. The molecular weight excluding hydrogens is 441 g/mol. The molecule has 0 saturated carbocycles. The number of carbonyl (C=O) groups is 1. The molecule has 3 rings (SSSR count). The number of hydrogen-bond acceptors (Lipinski definition) is 5. The molecule has 0 amide bonds. The number of rotatable bonds is 9. The number of aliphatic carboxylic acids is 1. The highest BCUT2D eigenvalue weighted by molar-refractivity contribution is 7.06. The van der Waals surface area contributed by atoms with Crippen LogP contribution in [0.2, 0.25) is 5.02 Å². The average Bonchev–Trinajstić information content (AvgIpc) is 3.17. The average molecular weight is 464 g/mol. The summed E-state index contributed by atoms with van der Waals surface area (Å²) in [7, 11) is 1.54. The number of ether oxygens (including phenoxy) is 2. The van der Waals surface area contributed by atoms with Crippen molar-refractivity contribution in [2.24, 2.45) is 0 Å². The summed E-state index contributed by atoms with van der Waals surface area (Å²) >= 11 is 7.23. The fraction of sp³-hybridized carbons (Fsp3) is 0.304. The lowest BCUT2D eigenvalue weighted by Gasteiger charge is -2.15. The molecule has 31 heavy (non-hydrogen) atoms. The van der Waals surface area contributed by atoms with Crippen molar-refractivity contribution in [2.45, 2.75) is 40.0 Å². The number of benzene rings is 2. The van der Waals surface area contributed by atoms with Gasteiger partial charge in [-0.3, -0.25) is 4.79 Å². The summed E-state index contributed by atoms with van der Waals surface area (Å²) in [6, 6.07) is 9.03. The molecule has 3 aromatic rings. The first kappa shape index (κ1) is 23.0. The molecule has 1 aromatic heterocycles. The first-order chi connectivity index (χ1) is 14.8. The first-order valence-electron chi connectivity index (χ1n) is 9.66. The molecule has 1 N–H and O–H groups in total. The van der Waals surface area contributed by atoms with E-state index in [9.17, 15) is 9.18 Å². The van der Waals surface area contributed by atoms with Gasteiger partial charge in [0.25, 0.3) is 0 Å². The summed E-state index contributed by atoms with van der Waals surface area (Å²) in [6.07, 6.45) is 0.542. The van der Waals surface area contributed by atoms with Crippen molar-refractivity contribution < 1.29 is 23.8 Å². The van der Waals surface area contributed by atoms with Gasteiger partial charge in [0.05, 0.1) is 22.7 Å². The minimum atomic E-state index is -0.826. The smallest absolute Gasteiger partial charge is 0.303 e. The topological polar surface area (TPSA) is 68.7 Å². The second kappa shape index (κ2) is 10.1. The molecule has 0 spiro atoms. The zero-order valence-electron chi connectivity index (χ0n) is 17.5. The van der Waals surface area contributed by atoms with Crippen LogP contribution >= 0.6 is 23.1 Å². The van der Waals surface area contributed by atoms with Gasteiger partial charge in [0, 0.05) is 17.5 Å². The van der Waals surface area contributed by atoms with Gasteiger partial charge in [-0.25, -0.2) is 4.39 Å². The van der Waals surface area contributed by atoms with E-state index in [0.717, 1.165) is 33.8 Å². The maximum atomic E-state index is 13.6. The van der Waals surface area contributed by atoms with E-state index in [1.807, 2.05) is 32.0 Å². The summed E-state index contributed by atoms with van der Waals surface area (Å²) in [5.74, 6) is 0.365. The first-order valence-corrected chi connectivity index (χ1v) is 10.8. The SMILES string of the molecule is COc1cc(-c2nsc(CF)c2COc2ccc(CCC(=O)O)c(C)c2C)ccc1Cl. The Labute approximate surface area is 189 Å². The van der Waals surface area contributed by atoms with Crippen LogP contribution in [0.5, 0.6) is 11.5 Å². The van der Waals surface area contributed by atoms with E-state index in [4.69, 9.17) is 26.2 Å². The summed E-state index contributed by atoms with van der Waals surface area (Å²) in [4.78, 5) is 11.4. The molecule has 1 heterocycles. The van der Waals surface area contributed by atoms with E-state index < -0.39 is 12.6 Å². The van der Waals surface area contributed by atoms with Gasteiger partial charge in [-0.1, -0.05) is 23.7 Å². The van der Waals surface area contributed by atoms with Crippen molar-refractivity contribution in [3.05, 3.63) is 62.5 Å². The lowest BCUT2D eigenvalue weighted by molar-refractivity contribution is -0.136. The minimum Gasteiger partial charge on any atom is -0.495 e. The van der Waals surface area contributed by atoms with Crippen molar-refractivity contribution in [3.8, 4) is 22.8 Å². The molecule has 0 atom stereocenters. The predicted octanol–water partition coefficient (Wildman–Crippen LogP) is 6.15. The van der Waals surface area contributed by atoms with Gasteiger partial charge in [-0.05, 0) is 66.7 Å². The van der Waals surface area contributed by atoms with Gasteiger partial charge in [0.15, 0.2) is 0 Å². The number of halogens is 2. The molecule has 164 valence electrons. The van der Waals surface area contributed by atoms with Crippen LogP contribution in [-0.4, -0.2) is 22.6 Å². The van der Waals surface area contributed by atoms with Crippen LogP contribution in [0.4, 0.5) is 4.39 Å². The maximum Gasteiger partial charge on any atom is 0.303 e. The number of methoxy groups -OCH3 is 1. The third-order valence-corrected chi connectivity index (χ3v) is 6.41. The fourth-order valence-corrected chi connectivity index (χ4v) is 4.23. The number of hydrogen-bond donors (Lipinski definition) is 1. The lowest BCUT2D eigenvalue weighted by atomic mass is 9.99. The Morgan fingerprint density at radius 3 is 2.65 bits per heavy atom. The standard InChI is InChI=1S/C23H23ClFNO4S/c1-13-14(2)19(8-5-15(13)6-9-22(27)28)30-12-17-21(11-25)31-26-23(17)16-4-7-18(24)20(10-16)29-3/h4-5,7-8,10H,6,9,11-12H2,1-3H3,(H,27,28). The largest absolute Gasteiger partial charge is 0.495 e. The van der Waals surface area contributed by atoms with Gasteiger partial charge in [0.1, 0.15) is 24.8 Å². The van der Waals surface area contributed by atoms with Gasteiger partial charge >= 0.3 is 5.97 Å². The molecule has 0 aliphatic carbocycles. The Morgan fingerprint density at radius 1 is 1.19 bits per heavy atom. The molecule has 0 saturated heterocycles. The van der Waals surface area contributed by atoms with Crippen molar-refractivity contribution in [1.29, 1.82) is 0 Å². The number of nitrogens with zero attached hydrogens (tertiary/aromatic N) is 1. The van der Waals surface area contributed by atoms with Crippen molar-refractivity contribution in [3.63, 3.8) is 0 Å². The zero-order chi connectivity index (χ0) is 22.5. The maximum absolute atomic E-state index is 13.6. The summed E-state index contributed by atoms with van der Waals surface area (Å²) < 4.78 is 29.4. The van der Waals surface area contributed by atoms with Crippen LogP contribution in [0.3, 0.4) is 0 Å². The molecule has 0 aliphatic heterocycles. The quantitative estimate of drug-likeness (QED) is 0.412.